The van der Waals surface area contributed by atoms with Crippen molar-refractivity contribution in [3.05, 3.63) is 35.4 Å². The molecular formula is C21H34N2O. The minimum Gasteiger partial charge on any atom is -0.396 e. The monoisotopic (exact) mass is 330 g/mol. The molecule has 0 saturated carbocycles. The molecule has 2 aliphatic heterocycles. The summed E-state index contributed by atoms with van der Waals surface area (Å²) in [6.07, 6.45) is 4.71. The van der Waals surface area contributed by atoms with Crippen molar-refractivity contribution >= 4 is 0 Å². The van der Waals surface area contributed by atoms with Gasteiger partial charge in [-0.1, -0.05) is 38.1 Å². The number of aliphatic hydroxyl groups excluding tert-OH is 1. The molecule has 0 radical (unpaired) electrons. The predicted molar refractivity (Wildman–Crippen MR) is 100 cm³/mol. The number of aliphatic hydroxyl groups is 1. The number of benzene rings is 1. The zero-order valence-corrected chi connectivity index (χ0v) is 15.7. The molecule has 134 valence electrons. The van der Waals surface area contributed by atoms with Crippen LogP contribution in [0.1, 0.15) is 44.2 Å². The molecule has 2 heterocycles. The highest BCUT2D eigenvalue weighted by molar-refractivity contribution is 5.23. The van der Waals surface area contributed by atoms with Crippen molar-refractivity contribution in [2.75, 3.05) is 33.3 Å². The minimum atomic E-state index is 0.143. The Balaban J connectivity index is 1.62. The summed E-state index contributed by atoms with van der Waals surface area (Å²) in [5, 5.41) is 10.0. The molecule has 2 atom stereocenters. The van der Waals surface area contributed by atoms with Gasteiger partial charge in [0.15, 0.2) is 0 Å². The van der Waals surface area contributed by atoms with Crippen molar-refractivity contribution in [3.8, 4) is 0 Å². The number of hydrogen-bond donors (Lipinski definition) is 1. The van der Waals surface area contributed by atoms with Gasteiger partial charge in [0.1, 0.15) is 0 Å². The largest absolute Gasteiger partial charge is 0.396 e. The molecule has 1 aromatic rings. The summed E-state index contributed by atoms with van der Waals surface area (Å²) >= 11 is 0. The van der Waals surface area contributed by atoms with Crippen molar-refractivity contribution < 1.29 is 5.11 Å². The molecular weight excluding hydrogens is 296 g/mol. The first-order valence-electron chi connectivity index (χ1n) is 9.64. The Hall–Kier alpha value is -0.900. The number of nitrogens with zero attached hydrogens (tertiary/aromatic N) is 2. The zero-order chi connectivity index (χ0) is 17.2. The third-order valence-electron chi connectivity index (χ3n) is 6.17. The van der Waals surface area contributed by atoms with Crippen LogP contribution < -0.4 is 0 Å². The molecule has 3 heteroatoms. The average molecular weight is 331 g/mol. The molecule has 0 amide bonds. The van der Waals surface area contributed by atoms with Crippen LogP contribution >= 0.6 is 0 Å². The molecule has 2 aliphatic rings. The second-order valence-corrected chi connectivity index (χ2v) is 8.52. The molecule has 0 aromatic heterocycles. The van der Waals surface area contributed by atoms with E-state index in [-0.39, 0.29) is 5.41 Å². The van der Waals surface area contributed by atoms with E-state index in [1.165, 1.54) is 30.5 Å². The van der Waals surface area contributed by atoms with Gasteiger partial charge in [-0.3, -0.25) is 4.90 Å². The van der Waals surface area contributed by atoms with Gasteiger partial charge in [0.2, 0.25) is 0 Å². The highest BCUT2D eigenvalue weighted by atomic mass is 16.3. The SMILES string of the molecule is CC(C)Cc1ccc(CN2CC[C@@]3(CO)CCCN(C)[C@@H]3C2)cc1. The van der Waals surface area contributed by atoms with Gasteiger partial charge in [-0.05, 0) is 62.9 Å². The number of rotatable bonds is 5. The number of hydrogen-bond acceptors (Lipinski definition) is 3. The quantitative estimate of drug-likeness (QED) is 0.898. The van der Waals surface area contributed by atoms with E-state index < -0.39 is 0 Å². The Bertz CT molecular complexity index is 527. The van der Waals surface area contributed by atoms with Crippen LogP contribution in [-0.4, -0.2) is 54.2 Å². The number of piperidine rings is 2. The van der Waals surface area contributed by atoms with Crippen molar-refractivity contribution in [3.63, 3.8) is 0 Å². The van der Waals surface area contributed by atoms with E-state index in [4.69, 9.17) is 0 Å². The summed E-state index contributed by atoms with van der Waals surface area (Å²) in [6, 6.07) is 9.70. The summed E-state index contributed by atoms with van der Waals surface area (Å²) in [6.45, 7) is 9.30. The fraction of sp³-hybridized carbons (Fsp3) is 0.714. The van der Waals surface area contributed by atoms with Gasteiger partial charge in [-0.25, -0.2) is 0 Å². The lowest BCUT2D eigenvalue weighted by molar-refractivity contribution is -0.0684. The molecule has 2 fully saturated rings. The van der Waals surface area contributed by atoms with Gasteiger partial charge in [0.05, 0.1) is 6.61 Å². The summed E-state index contributed by atoms with van der Waals surface area (Å²) in [7, 11) is 2.23. The Morgan fingerprint density at radius 2 is 1.83 bits per heavy atom. The van der Waals surface area contributed by atoms with Crippen molar-refractivity contribution in [1.82, 2.24) is 9.80 Å². The standard InChI is InChI=1S/C21H34N2O/c1-17(2)13-18-5-7-19(8-6-18)14-23-12-10-21(16-24)9-4-11-22(3)20(21)15-23/h5-8,17,20,24H,4,9-16H2,1-3H3/t20-,21-/m1/s1. The van der Waals surface area contributed by atoms with Gasteiger partial charge >= 0.3 is 0 Å². The van der Waals surface area contributed by atoms with E-state index in [0.717, 1.165) is 32.5 Å². The van der Waals surface area contributed by atoms with Gasteiger partial charge < -0.3 is 10.0 Å². The van der Waals surface area contributed by atoms with Crippen LogP contribution in [0.2, 0.25) is 0 Å². The summed E-state index contributed by atoms with van der Waals surface area (Å²) in [4.78, 5) is 5.06. The Kier molecular flexibility index (Phi) is 5.63. The van der Waals surface area contributed by atoms with Crippen molar-refractivity contribution in [2.24, 2.45) is 11.3 Å². The number of likely N-dealkylation sites (tertiary alicyclic amines) is 2. The first kappa shape index (κ1) is 17.9. The second kappa shape index (κ2) is 7.55. The number of fused-ring (bicyclic) bond motifs is 1. The third-order valence-corrected chi connectivity index (χ3v) is 6.17. The summed E-state index contributed by atoms with van der Waals surface area (Å²) in [5.41, 5.74) is 3.00. The van der Waals surface area contributed by atoms with Crippen LogP contribution in [0.25, 0.3) is 0 Å². The fourth-order valence-corrected chi connectivity index (χ4v) is 4.73. The molecule has 0 aliphatic carbocycles. The Morgan fingerprint density at radius 3 is 2.50 bits per heavy atom. The van der Waals surface area contributed by atoms with E-state index in [1.807, 2.05) is 0 Å². The molecule has 1 aromatic carbocycles. The maximum absolute atomic E-state index is 10.0. The summed E-state index contributed by atoms with van der Waals surface area (Å²) < 4.78 is 0. The van der Waals surface area contributed by atoms with Crippen LogP contribution in [0, 0.1) is 11.3 Å². The molecule has 3 nitrogen and oxygen atoms in total. The normalized spacial score (nSPS) is 29.0. The maximum atomic E-state index is 10.0. The lowest BCUT2D eigenvalue weighted by Gasteiger charge is -2.53. The smallest absolute Gasteiger partial charge is 0.0503 e. The third kappa shape index (κ3) is 3.84. The van der Waals surface area contributed by atoms with Gasteiger partial charge in [-0.2, -0.15) is 0 Å². The highest BCUT2D eigenvalue weighted by Gasteiger charge is 2.46. The second-order valence-electron chi connectivity index (χ2n) is 8.52. The minimum absolute atomic E-state index is 0.143. The van der Waals surface area contributed by atoms with Crippen LogP contribution in [0.5, 0.6) is 0 Å². The van der Waals surface area contributed by atoms with Crippen LogP contribution in [0.3, 0.4) is 0 Å². The van der Waals surface area contributed by atoms with Gasteiger partial charge in [0, 0.05) is 24.5 Å². The first-order chi connectivity index (χ1) is 11.5. The molecule has 0 bridgehead atoms. The first-order valence-corrected chi connectivity index (χ1v) is 9.64. The van der Waals surface area contributed by atoms with Crippen LogP contribution in [0.4, 0.5) is 0 Å². The average Bonchev–Trinajstić information content (AvgIpc) is 2.57. The predicted octanol–water partition coefficient (Wildman–Crippen LogP) is 3.16. The molecule has 2 saturated heterocycles. The molecule has 0 spiro atoms. The van der Waals surface area contributed by atoms with Crippen molar-refractivity contribution in [1.29, 1.82) is 0 Å². The van der Waals surface area contributed by atoms with Gasteiger partial charge in [0.25, 0.3) is 0 Å². The van der Waals surface area contributed by atoms with E-state index in [2.05, 4.69) is 55.0 Å². The van der Waals surface area contributed by atoms with Crippen LogP contribution in [0.15, 0.2) is 24.3 Å². The Morgan fingerprint density at radius 1 is 1.12 bits per heavy atom. The number of likely N-dealkylation sites (N-methyl/N-ethyl adjacent to an activating group) is 1. The van der Waals surface area contributed by atoms with E-state index in [1.54, 1.807) is 0 Å². The Labute approximate surface area is 147 Å². The topological polar surface area (TPSA) is 26.7 Å². The summed E-state index contributed by atoms with van der Waals surface area (Å²) in [5.74, 6) is 0.714. The van der Waals surface area contributed by atoms with E-state index in [0.29, 0.717) is 18.6 Å². The van der Waals surface area contributed by atoms with E-state index in [9.17, 15) is 5.11 Å². The van der Waals surface area contributed by atoms with Crippen molar-refractivity contribution in [2.45, 2.75) is 52.1 Å². The lowest BCUT2D eigenvalue weighted by Crippen LogP contribution is -2.61. The fourth-order valence-electron chi connectivity index (χ4n) is 4.73. The van der Waals surface area contributed by atoms with Gasteiger partial charge in [-0.15, -0.1) is 0 Å². The zero-order valence-electron chi connectivity index (χ0n) is 15.7. The molecule has 0 unspecified atom stereocenters. The maximum Gasteiger partial charge on any atom is 0.0503 e. The molecule has 24 heavy (non-hydrogen) atoms. The van der Waals surface area contributed by atoms with E-state index >= 15 is 0 Å². The van der Waals surface area contributed by atoms with Crippen LogP contribution in [-0.2, 0) is 13.0 Å². The molecule has 1 N–H and O–H groups in total. The highest BCUT2D eigenvalue weighted by Crippen LogP contribution is 2.41. The molecule has 3 rings (SSSR count). The lowest BCUT2D eigenvalue weighted by atomic mass is 9.69.